The highest BCUT2D eigenvalue weighted by Crippen LogP contribution is 2.12. The minimum Gasteiger partial charge on any atom is -0.351 e. The number of amides is 1. The van der Waals surface area contributed by atoms with Crippen LogP contribution in [0.3, 0.4) is 0 Å². The first-order valence-corrected chi connectivity index (χ1v) is 7.56. The molecule has 2 heterocycles. The van der Waals surface area contributed by atoms with E-state index in [4.69, 9.17) is 0 Å². The first kappa shape index (κ1) is 16.6. The summed E-state index contributed by atoms with van der Waals surface area (Å²) in [7, 11) is 2.78. The third-order valence-electron chi connectivity index (χ3n) is 3.83. The second-order valence-corrected chi connectivity index (χ2v) is 5.65. The van der Waals surface area contributed by atoms with Crippen molar-refractivity contribution in [3.05, 3.63) is 62.4 Å². The Morgan fingerprint density at radius 1 is 1.32 bits per heavy atom. The highest BCUT2D eigenvalue weighted by atomic mass is 19.1. The lowest BCUT2D eigenvalue weighted by molar-refractivity contribution is 0.0951. The zero-order valence-electron chi connectivity index (χ0n) is 13.7. The van der Waals surface area contributed by atoms with Crippen LogP contribution in [0.2, 0.25) is 0 Å². The number of rotatable bonds is 4. The normalized spacial score (nSPS) is 11.0. The molecule has 130 valence electrons. The number of halogens is 1. The van der Waals surface area contributed by atoms with Gasteiger partial charge in [0, 0.05) is 33.3 Å². The van der Waals surface area contributed by atoms with Gasteiger partial charge in [0.2, 0.25) is 0 Å². The summed E-state index contributed by atoms with van der Waals surface area (Å²) in [5.41, 5.74) is -0.0601. The third kappa shape index (κ3) is 3.21. The van der Waals surface area contributed by atoms with E-state index in [0.717, 1.165) is 4.57 Å². The van der Waals surface area contributed by atoms with Gasteiger partial charge in [-0.15, -0.1) is 0 Å². The van der Waals surface area contributed by atoms with E-state index in [9.17, 15) is 18.8 Å². The predicted octanol–water partition coefficient (Wildman–Crippen LogP) is 0.0719. The number of benzene rings is 1. The van der Waals surface area contributed by atoms with Crippen LogP contribution in [-0.4, -0.2) is 31.6 Å². The maximum atomic E-state index is 13.2. The summed E-state index contributed by atoms with van der Waals surface area (Å²) in [6.45, 7) is 0.229. The minimum atomic E-state index is -0.653. The smallest absolute Gasteiger partial charge is 0.330 e. The summed E-state index contributed by atoms with van der Waals surface area (Å²) in [6, 6.07) is 4.24. The molecule has 0 spiro atoms. The lowest BCUT2D eigenvalue weighted by atomic mass is 10.3. The zero-order valence-corrected chi connectivity index (χ0v) is 13.7. The molecule has 2 N–H and O–H groups in total. The molecule has 3 aromatic rings. The average molecular weight is 345 g/mol. The molecule has 1 amide bonds. The quantitative estimate of drug-likeness (QED) is 0.699. The van der Waals surface area contributed by atoms with E-state index in [2.05, 4.69) is 15.3 Å². The number of aromatic amines is 1. The Bertz CT molecular complexity index is 1080. The monoisotopic (exact) mass is 345 g/mol. The number of carbonyl (C=O) groups excluding carboxylic acids is 1. The maximum absolute atomic E-state index is 13.2. The van der Waals surface area contributed by atoms with Crippen LogP contribution < -0.4 is 16.6 Å². The first-order chi connectivity index (χ1) is 11.9. The topological polar surface area (TPSA) is 102 Å². The fourth-order valence-electron chi connectivity index (χ4n) is 2.51. The van der Waals surface area contributed by atoms with Crippen molar-refractivity contribution >= 4 is 16.9 Å². The highest BCUT2D eigenvalue weighted by molar-refractivity contribution is 5.93. The summed E-state index contributed by atoms with van der Waals surface area (Å²) in [4.78, 5) is 43.1. The molecule has 1 aromatic carbocycles. The Balaban J connectivity index is 1.70. The van der Waals surface area contributed by atoms with Gasteiger partial charge in [0.25, 0.3) is 11.5 Å². The van der Waals surface area contributed by atoms with E-state index in [0.29, 0.717) is 23.3 Å². The van der Waals surface area contributed by atoms with Gasteiger partial charge < -0.3 is 14.9 Å². The molecule has 3 rings (SSSR count). The van der Waals surface area contributed by atoms with Gasteiger partial charge >= 0.3 is 5.69 Å². The van der Waals surface area contributed by atoms with Crippen LogP contribution in [0.1, 0.15) is 16.2 Å². The summed E-state index contributed by atoms with van der Waals surface area (Å²) in [6.07, 6.45) is 1.60. The fraction of sp³-hybridized carbons (Fsp3) is 0.250. The van der Waals surface area contributed by atoms with Crippen molar-refractivity contribution in [1.82, 2.24) is 24.4 Å². The van der Waals surface area contributed by atoms with Crippen molar-refractivity contribution in [2.45, 2.75) is 6.42 Å². The Labute approximate surface area is 140 Å². The molecular formula is C16H16FN5O3. The summed E-state index contributed by atoms with van der Waals surface area (Å²) in [5.74, 6) is -0.339. The lowest BCUT2D eigenvalue weighted by Gasteiger charge is -2.07. The molecule has 0 aliphatic heterocycles. The van der Waals surface area contributed by atoms with Crippen LogP contribution in [-0.2, 0) is 20.5 Å². The van der Waals surface area contributed by atoms with Crippen molar-refractivity contribution in [2.24, 2.45) is 14.1 Å². The largest absolute Gasteiger partial charge is 0.351 e. The number of hydrogen-bond acceptors (Lipinski definition) is 4. The van der Waals surface area contributed by atoms with E-state index < -0.39 is 17.2 Å². The van der Waals surface area contributed by atoms with Crippen molar-refractivity contribution in [3.63, 3.8) is 0 Å². The van der Waals surface area contributed by atoms with E-state index >= 15 is 0 Å². The second kappa shape index (κ2) is 6.34. The van der Waals surface area contributed by atoms with Gasteiger partial charge in [0.15, 0.2) is 0 Å². The second-order valence-electron chi connectivity index (χ2n) is 5.65. The molecule has 0 aliphatic carbocycles. The van der Waals surface area contributed by atoms with E-state index in [1.165, 1.54) is 37.0 Å². The number of fused-ring (bicyclic) bond motifs is 1. The Morgan fingerprint density at radius 3 is 2.84 bits per heavy atom. The van der Waals surface area contributed by atoms with Gasteiger partial charge in [-0.1, -0.05) is 0 Å². The SMILES string of the molecule is Cn1cc(C(=O)NCCc2nc3ccc(F)cc3[nH]2)c(=O)n(C)c1=O. The van der Waals surface area contributed by atoms with Crippen molar-refractivity contribution in [3.8, 4) is 0 Å². The number of aryl methyl sites for hydroxylation is 1. The molecule has 0 saturated heterocycles. The number of nitrogens with one attached hydrogen (secondary N) is 2. The average Bonchev–Trinajstić information content (AvgIpc) is 2.97. The Kier molecular flexibility index (Phi) is 4.22. The maximum Gasteiger partial charge on any atom is 0.330 e. The molecule has 25 heavy (non-hydrogen) atoms. The summed E-state index contributed by atoms with van der Waals surface area (Å²) < 4.78 is 15.2. The van der Waals surface area contributed by atoms with E-state index in [-0.39, 0.29) is 17.9 Å². The number of aromatic nitrogens is 4. The fourth-order valence-corrected chi connectivity index (χ4v) is 2.51. The molecule has 2 aromatic heterocycles. The molecule has 8 nitrogen and oxygen atoms in total. The standard InChI is InChI=1S/C16H16FN5O3/c1-21-8-10(15(24)22(2)16(21)25)14(23)18-6-5-13-19-11-4-3-9(17)7-12(11)20-13/h3-4,7-8H,5-6H2,1-2H3,(H,18,23)(H,19,20). The molecule has 0 radical (unpaired) electrons. The van der Waals surface area contributed by atoms with Crippen molar-refractivity contribution < 1.29 is 9.18 Å². The van der Waals surface area contributed by atoms with Crippen LogP contribution >= 0.6 is 0 Å². The number of carbonyl (C=O) groups is 1. The highest BCUT2D eigenvalue weighted by Gasteiger charge is 2.14. The van der Waals surface area contributed by atoms with Crippen LogP contribution in [0, 0.1) is 5.82 Å². The van der Waals surface area contributed by atoms with Gasteiger partial charge in [0.1, 0.15) is 17.2 Å². The minimum absolute atomic E-state index is 0.115. The molecule has 0 unspecified atom stereocenters. The molecule has 9 heteroatoms. The lowest BCUT2D eigenvalue weighted by Crippen LogP contribution is -2.42. The summed E-state index contributed by atoms with van der Waals surface area (Å²) in [5, 5.41) is 2.62. The van der Waals surface area contributed by atoms with E-state index in [1.54, 1.807) is 6.07 Å². The third-order valence-corrected chi connectivity index (χ3v) is 3.83. The number of nitrogens with zero attached hydrogens (tertiary/aromatic N) is 3. The zero-order chi connectivity index (χ0) is 18.1. The Hall–Kier alpha value is -3.23. The van der Waals surface area contributed by atoms with Crippen LogP contribution in [0.5, 0.6) is 0 Å². The van der Waals surface area contributed by atoms with Crippen LogP contribution in [0.4, 0.5) is 4.39 Å². The number of H-pyrrole nitrogens is 1. The molecular weight excluding hydrogens is 329 g/mol. The molecule has 0 bridgehead atoms. The van der Waals surface area contributed by atoms with Gasteiger partial charge in [-0.05, 0) is 18.2 Å². The van der Waals surface area contributed by atoms with E-state index in [1.807, 2.05) is 0 Å². The van der Waals surface area contributed by atoms with Gasteiger partial charge in [-0.3, -0.25) is 14.2 Å². The van der Waals surface area contributed by atoms with Gasteiger partial charge in [-0.2, -0.15) is 0 Å². The summed E-state index contributed by atoms with van der Waals surface area (Å²) >= 11 is 0. The van der Waals surface area contributed by atoms with Gasteiger partial charge in [0.05, 0.1) is 11.0 Å². The molecule has 0 aliphatic rings. The number of hydrogen-bond donors (Lipinski definition) is 2. The molecule has 0 fully saturated rings. The van der Waals surface area contributed by atoms with Crippen LogP contribution in [0.25, 0.3) is 11.0 Å². The first-order valence-electron chi connectivity index (χ1n) is 7.56. The van der Waals surface area contributed by atoms with Crippen molar-refractivity contribution in [2.75, 3.05) is 6.54 Å². The predicted molar refractivity (Wildman–Crippen MR) is 89.0 cm³/mol. The molecule has 0 saturated carbocycles. The van der Waals surface area contributed by atoms with Crippen molar-refractivity contribution in [1.29, 1.82) is 0 Å². The molecule has 0 atom stereocenters. The number of imidazole rings is 1. The van der Waals surface area contributed by atoms with Gasteiger partial charge in [-0.25, -0.2) is 14.2 Å². The van der Waals surface area contributed by atoms with Crippen LogP contribution in [0.15, 0.2) is 34.0 Å². The Morgan fingerprint density at radius 2 is 2.08 bits per heavy atom.